The maximum atomic E-state index is 12.9. The molecule has 1 aromatic carbocycles. The van der Waals surface area contributed by atoms with E-state index in [0.717, 1.165) is 44.1 Å². The zero-order chi connectivity index (χ0) is 19.7. The molecule has 0 atom stereocenters. The van der Waals surface area contributed by atoms with Gasteiger partial charge in [0.15, 0.2) is 5.65 Å². The number of nitrogens with one attached hydrogen (secondary N) is 1. The number of fused-ring (bicyclic) bond motifs is 1. The van der Waals surface area contributed by atoms with Crippen LogP contribution in [0.2, 0.25) is 0 Å². The molecular weight excluding hydrogens is 376 g/mol. The fraction of sp³-hybridized carbons (Fsp3) is 0.368. The summed E-state index contributed by atoms with van der Waals surface area (Å²) in [6.07, 6.45) is 0.748. The molecule has 148 valence electrons. The zero-order valence-electron chi connectivity index (χ0n) is 16.0. The molecule has 3 heterocycles. The summed E-state index contributed by atoms with van der Waals surface area (Å²) in [5.41, 5.74) is 1.50. The fourth-order valence-electron chi connectivity index (χ4n) is 3.25. The number of rotatable bonds is 5. The van der Waals surface area contributed by atoms with Crippen molar-refractivity contribution in [1.29, 1.82) is 0 Å². The SMILES string of the molecule is CCc1cc2nc(N3CCN(C)CC3)cc(NS(=O)(=O)c3ccccc3)n2n1. The second kappa shape index (κ2) is 7.40. The lowest BCUT2D eigenvalue weighted by atomic mass is 10.3. The van der Waals surface area contributed by atoms with E-state index in [-0.39, 0.29) is 4.90 Å². The van der Waals surface area contributed by atoms with Gasteiger partial charge in [-0.05, 0) is 25.6 Å². The van der Waals surface area contributed by atoms with Gasteiger partial charge >= 0.3 is 0 Å². The van der Waals surface area contributed by atoms with Crippen molar-refractivity contribution in [2.24, 2.45) is 0 Å². The molecule has 4 rings (SSSR count). The predicted molar refractivity (Wildman–Crippen MR) is 109 cm³/mol. The minimum absolute atomic E-state index is 0.212. The number of aryl methyl sites for hydroxylation is 1. The minimum Gasteiger partial charge on any atom is -0.354 e. The predicted octanol–water partition coefficient (Wildman–Crippen LogP) is 1.84. The van der Waals surface area contributed by atoms with Crippen molar-refractivity contribution >= 4 is 27.3 Å². The summed E-state index contributed by atoms with van der Waals surface area (Å²) in [6, 6.07) is 12.0. The molecule has 1 aliphatic heterocycles. The summed E-state index contributed by atoms with van der Waals surface area (Å²) >= 11 is 0. The second-order valence-corrected chi connectivity index (χ2v) is 8.65. The fourth-order valence-corrected chi connectivity index (χ4v) is 4.30. The summed E-state index contributed by atoms with van der Waals surface area (Å²) in [4.78, 5) is 9.39. The van der Waals surface area contributed by atoms with Crippen molar-refractivity contribution in [3.05, 3.63) is 48.2 Å². The van der Waals surface area contributed by atoms with Crippen LogP contribution in [-0.4, -0.2) is 61.1 Å². The topological polar surface area (TPSA) is 82.8 Å². The molecule has 28 heavy (non-hydrogen) atoms. The summed E-state index contributed by atoms with van der Waals surface area (Å²) < 4.78 is 30.0. The van der Waals surface area contributed by atoms with Crippen molar-refractivity contribution in [2.75, 3.05) is 42.8 Å². The van der Waals surface area contributed by atoms with Crippen LogP contribution in [-0.2, 0) is 16.4 Å². The third kappa shape index (κ3) is 3.67. The molecule has 1 N–H and O–H groups in total. The van der Waals surface area contributed by atoms with E-state index in [1.807, 2.05) is 13.0 Å². The number of aromatic nitrogens is 3. The summed E-state index contributed by atoms with van der Waals surface area (Å²) in [5.74, 6) is 1.15. The Morgan fingerprint density at radius 2 is 1.79 bits per heavy atom. The Balaban J connectivity index is 1.76. The molecule has 0 amide bonds. The Kier molecular flexibility index (Phi) is 4.94. The van der Waals surface area contributed by atoms with Crippen LogP contribution < -0.4 is 9.62 Å². The van der Waals surface area contributed by atoms with Crippen LogP contribution in [0.1, 0.15) is 12.6 Å². The van der Waals surface area contributed by atoms with E-state index < -0.39 is 10.0 Å². The molecule has 0 spiro atoms. The van der Waals surface area contributed by atoms with Gasteiger partial charge in [0.1, 0.15) is 11.6 Å². The summed E-state index contributed by atoms with van der Waals surface area (Å²) in [6.45, 7) is 5.59. The van der Waals surface area contributed by atoms with E-state index in [1.54, 1.807) is 40.9 Å². The lowest BCUT2D eigenvalue weighted by molar-refractivity contribution is 0.312. The number of anilines is 2. The Labute approximate surface area is 164 Å². The zero-order valence-corrected chi connectivity index (χ0v) is 16.9. The number of sulfonamides is 1. The standard InChI is InChI=1S/C19H24N6O2S/c1-3-15-13-18-20-17(24-11-9-23(2)10-12-24)14-19(25(18)21-15)22-28(26,27)16-7-5-4-6-8-16/h4-8,13-14,22H,3,9-12H2,1-2H3. The quantitative estimate of drug-likeness (QED) is 0.704. The molecule has 0 unspecified atom stereocenters. The molecule has 1 fully saturated rings. The van der Waals surface area contributed by atoms with Crippen molar-refractivity contribution in [1.82, 2.24) is 19.5 Å². The molecule has 1 saturated heterocycles. The Morgan fingerprint density at radius 3 is 2.46 bits per heavy atom. The lowest BCUT2D eigenvalue weighted by Crippen LogP contribution is -2.44. The molecule has 0 aliphatic carbocycles. The maximum Gasteiger partial charge on any atom is 0.263 e. The molecule has 0 bridgehead atoms. The van der Waals surface area contributed by atoms with Crippen molar-refractivity contribution in [3.63, 3.8) is 0 Å². The van der Waals surface area contributed by atoms with Gasteiger partial charge in [-0.2, -0.15) is 9.61 Å². The first-order valence-corrected chi connectivity index (χ1v) is 10.9. The highest BCUT2D eigenvalue weighted by atomic mass is 32.2. The van der Waals surface area contributed by atoms with Crippen LogP contribution in [0.3, 0.4) is 0 Å². The highest BCUT2D eigenvalue weighted by Crippen LogP contribution is 2.24. The van der Waals surface area contributed by atoms with E-state index in [2.05, 4.69) is 26.7 Å². The average Bonchev–Trinajstić information content (AvgIpc) is 3.13. The number of hydrogen-bond donors (Lipinski definition) is 1. The van der Waals surface area contributed by atoms with E-state index in [4.69, 9.17) is 4.98 Å². The van der Waals surface area contributed by atoms with Gasteiger partial charge in [-0.15, -0.1) is 0 Å². The van der Waals surface area contributed by atoms with E-state index in [9.17, 15) is 8.42 Å². The number of hydrogen-bond acceptors (Lipinski definition) is 6. The van der Waals surface area contributed by atoms with Gasteiger partial charge in [0, 0.05) is 38.3 Å². The Hall–Kier alpha value is -2.65. The first-order valence-electron chi connectivity index (χ1n) is 9.37. The highest BCUT2D eigenvalue weighted by Gasteiger charge is 2.21. The van der Waals surface area contributed by atoms with Gasteiger partial charge < -0.3 is 9.80 Å². The van der Waals surface area contributed by atoms with Crippen molar-refractivity contribution in [2.45, 2.75) is 18.2 Å². The normalized spacial score (nSPS) is 15.9. The van der Waals surface area contributed by atoms with Gasteiger partial charge in [0.05, 0.1) is 10.6 Å². The molecule has 0 radical (unpaired) electrons. The van der Waals surface area contributed by atoms with Gasteiger partial charge in [0.25, 0.3) is 10.0 Å². The van der Waals surface area contributed by atoms with E-state index >= 15 is 0 Å². The first-order chi connectivity index (χ1) is 13.5. The molecule has 2 aromatic heterocycles. The van der Waals surface area contributed by atoms with Crippen molar-refractivity contribution in [3.8, 4) is 0 Å². The van der Waals surface area contributed by atoms with Gasteiger partial charge in [0.2, 0.25) is 0 Å². The molecule has 9 heteroatoms. The van der Waals surface area contributed by atoms with Crippen LogP contribution in [0.25, 0.3) is 5.65 Å². The Bertz CT molecular complexity index is 1070. The smallest absolute Gasteiger partial charge is 0.263 e. The number of piperazine rings is 1. The number of benzene rings is 1. The maximum absolute atomic E-state index is 12.9. The largest absolute Gasteiger partial charge is 0.354 e. The van der Waals surface area contributed by atoms with Crippen LogP contribution in [0.5, 0.6) is 0 Å². The highest BCUT2D eigenvalue weighted by molar-refractivity contribution is 7.92. The van der Waals surface area contributed by atoms with Crippen LogP contribution in [0.4, 0.5) is 11.6 Å². The molecule has 3 aromatic rings. The van der Waals surface area contributed by atoms with Crippen molar-refractivity contribution < 1.29 is 8.42 Å². The summed E-state index contributed by atoms with van der Waals surface area (Å²) in [5, 5.41) is 4.51. The second-order valence-electron chi connectivity index (χ2n) is 6.97. The number of nitrogens with zero attached hydrogens (tertiary/aromatic N) is 5. The van der Waals surface area contributed by atoms with Gasteiger partial charge in [-0.25, -0.2) is 13.4 Å². The third-order valence-electron chi connectivity index (χ3n) is 4.95. The minimum atomic E-state index is -3.72. The van der Waals surface area contributed by atoms with Crippen LogP contribution >= 0.6 is 0 Å². The Morgan fingerprint density at radius 1 is 1.07 bits per heavy atom. The number of likely N-dealkylation sites (N-methyl/N-ethyl adjacent to an activating group) is 1. The molecule has 0 saturated carbocycles. The first kappa shape index (κ1) is 18.7. The van der Waals surface area contributed by atoms with Crippen LogP contribution in [0, 0.1) is 0 Å². The third-order valence-corrected chi connectivity index (χ3v) is 6.32. The monoisotopic (exact) mass is 400 g/mol. The summed E-state index contributed by atoms with van der Waals surface area (Å²) in [7, 11) is -1.63. The van der Waals surface area contributed by atoms with Gasteiger partial charge in [-0.3, -0.25) is 4.72 Å². The van der Waals surface area contributed by atoms with Gasteiger partial charge in [-0.1, -0.05) is 25.1 Å². The average molecular weight is 401 g/mol. The molecule has 8 nitrogen and oxygen atoms in total. The van der Waals surface area contributed by atoms with Crippen LogP contribution in [0.15, 0.2) is 47.4 Å². The van der Waals surface area contributed by atoms with E-state index in [1.165, 1.54) is 0 Å². The molecule has 1 aliphatic rings. The molecular formula is C19H24N6O2S. The van der Waals surface area contributed by atoms with E-state index in [0.29, 0.717) is 11.5 Å². The lowest BCUT2D eigenvalue weighted by Gasteiger charge is -2.33.